The van der Waals surface area contributed by atoms with E-state index in [9.17, 15) is 4.79 Å². The lowest BCUT2D eigenvalue weighted by Crippen LogP contribution is -2.40. The summed E-state index contributed by atoms with van der Waals surface area (Å²) in [6, 6.07) is 12.2. The van der Waals surface area contributed by atoms with Crippen LogP contribution in [0.25, 0.3) is 11.1 Å². The standard InChI is InChI=1S/C24H30N6O/c1-18-11-13-26-30(18)15-12-22(31)29-14-7-10-20(17-29)23-21(19-8-5-4-6-9-19)16-25-24(27-23)28(2)3/h4-6,8-9,11,13,16,20H,7,10,12,14-15,17H2,1-3H3/t20-/m1/s1. The van der Waals surface area contributed by atoms with Gasteiger partial charge in [-0.2, -0.15) is 5.10 Å². The highest BCUT2D eigenvalue weighted by molar-refractivity contribution is 5.76. The number of piperidine rings is 1. The van der Waals surface area contributed by atoms with Gasteiger partial charge in [-0.1, -0.05) is 30.3 Å². The molecule has 3 aromatic rings. The van der Waals surface area contributed by atoms with Gasteiger partial charge in [0.15, 0.2) is 0 Å². The second-order valence-corrected chi connectivity index (χ2v) is 8.35. The predicted molar refractivity (Wildman–Crippen MR) is 122 cm³/mol. The van der Waals surface area contributed by atoms with Gasteiger partial charge in [0.25, 0.3) is 0 Å². The van der Waals surface area contributed by atoms with E-state index < -0.39 is 0 Å². The maximum atomic E-state index is 13.0. The Morgan fingerprint density at radius 3 is 2.71 bits per heavy atom. The lowest BCUT2D eigenvalue weighted by Gasteiger charge is -2.33. The number of carbonyl (C=O) groups excluding carboxylic acids is 1. The van der Waals surface area contributed by atoms with E-state index >= 15 is 0 Å². The van der Waals surface area contributed by atoms with Crippen molar-refractivity contribution in [2.45, 2.75) is 38.6 Å². The van der Waals surface area contributed by atoms with Crippen LogP contribution in [0.5, 0.6) is 0 Å². The monoisotopic (exact) mass is 418 g/mol. The summed E-state index contributed by atoms with van der Waals surface area (Å²) in [7, 11) is 3.91. The minimum atomic E-state index is 0.183. The molecule has 1 aliphatic heterocycles. The smallest absolute Gasteiger partial charge is 0.225 e. The third kappa shape index (κ3) is 4.76. The fourth-order valence-electron chi connectivity index (χ4n) is 4.17. The molecule has 0 aliphatic carbocycles. The van der Waals surface area contributed by atoms with E-state index in [-0.39, 0.29) is 11.8 Å². The molecule has 1 aliphatic rings. The van der Waals surface area contributed by atoms with Crippen molar-refractivity contribution in [2.75, 3.05) is 32.1 Å². The normalized spacial score (nSPS) is 16.4. The molecule has 1 atom stereocenters. The van der Waals surface area contributed by atoms with Crippen LogP contribution >= 0.6 is 0 Å². The number of benzene rings is 1. The van der Waals surface area contributed by atoms with Crippen LogP contribution in [0.1, 0.15) is 36.6 Å². The first-order valence-corrected chi connectivity index (χ1v) is 10.9. The predicted octanol–water partition coefficient (Wildman–Crippen LogP) is 3.51. The topological polar surface area (TPSA) is 67.2 Å². The van der Waals surface area contributed by atoms with E-state index in [0.717, 1.165) is 41.9 Å². The number of rotatable bonds is 6. The molecule has 0 radical (unpaired) electrons. The van der Waals surface area contributed by atoms with Crippen LogP contribution in [0.4, 0.5) is 5.95 Å². The van der Waals surface area contributed by atoms with Crippen LogP contribution < -0.4 is 4.90 Å². The highest BCUT2D eigenvalue weighted by Gasteiger charge is 2.28. The molecule has 0 unspecified atom stereocenters. The Balaban J connectivity index is 1.55. The molecule has 1 aromatic carbocycles. The van der Waals surface area contributed by atoms with E-state index in [1.807, 2.05) is 66.0 Å². The maximum Gasteiger partial charge on any atom is 0.225 e. The molecule has 0 spiro atoms. The molecule has 0 N–H and O–H groups in total. The first-order chi connectivity index (χ1) is 15.0. The summed E-state index contributed by atoms with van der Waals surface area (Å²) < 4.78 is 1.89. The molecular weight excluding hydrogens is 388 g/mol. The zero-order valence-electron chi connectivity index (χ0n) is 18.5. The Morgan fingerprint density at radius 1 is 1.19 bits per heavy atom. The molecule has 1 amide bonds. The Labute approximate surface area is 183 Å². The highest BCUT2D eigenvalue weighted by Crippen LogP contribution is 2.34. The summed E-state index contributed by atoms with van der Waals surface area (Å²) in [5, 5.41) is 4.29. The van der Waals surface area contributed by atoms with Crippen LogP contribution in [-0.2, 0) is 11.3 Å². The number of aromatic nitrogens is 4. The SMILES string of the molecule is Cc1ccnn1CCC(=O)N1CCC[C@@H](c2nc(N(C)C)ncc2-c2ccccc2)C1. The van der Waals surface area contributed by atoms with Gasteiger partial charge in [-0.25, -0.2) is 9.97 Å². The second kappa shape index (κ2) is 9.29. The number of amides is 1. The zero-order valence-corrected chi connectivity index (χ0v) is 18.5. The van der Waals surface area contributed by atoms with Crippen molar-refractivity contribution in [3.63, 3.8) is 0 Å². The summed E-state index contributed by atoms with van der Waals surface area (Å²) in [6.07, 6.45) is 6.17. The van der Waals surface area contributed by atoms with Crippen molar-refractivity contribution >= 4 is 11.9 Å². The van der Waals surface area contributed by atoms with Gasteiger partial charge in [0.05, 0.1) is 5.69 Å². The molecule has 7 heteroatoms. The van der Waals surface area contributed by atoms with Crippen LogP contribution in [-0.4, -0.2) is 57.7 Å². The van der Waals surface area contributed by atoms with Crippen molar-refractivity contribution in [2.24, 2.45) is 0 Å². The summed E-state index contributed by atoms with van der Waals surface area (Å²) in [5.74, 6) is 1.08. The number of hydrogen-bond acceptors (Lipinski definition) is 5. The molecule has 0 bridgehead atoms. The van der Waals surface area contributed by atoms with Crippen LogP contribution in [0.3, 0.4) is 0 Å². The summed E-state index contributed by atoms with van der Waals surface area (Å²) in [6.45, 7) is 4.13. The Kier molecular flexibility index (Phi) is 6.30. The fraction of sp³-hybridized carbons (Fsp3) is 0.417. The molecule has 31 heavy (non-hydrogen) atoms. The number of anilines is 1. The van der Waals surface area contributed by atoms with Crippen molar-refractivity contribution in [3.8, 4) is 11.1 Å². The minimum absolute atomic E-state index is 0.183. The largest absolute Gasteiger partial charge is 0.347 e. The van der Waals surface area contributed by atoms with Crippen LogP contribution in [0.15, 0.2) is 48.8 Å². The van der Waals surface area contributed by atoms with Crippen LogP contribution in [0.2, 0.25) is 0 Å². The van der Waals surface area contributed by atoms with Gasteiger partial charge in [0.2, 0.25) is 11.9 Å². The Morgan fingerprint density at radius 2 is 2.00 bits per heavy atom. The fourth-order valence-corrected chi connectivity index (χ4v) is 4.17. The highest BCUT2D eigenvalue weighted by atomic mass is 16.2. The number of aryl methyl sites for hydroxylation is 2. The second-order valence-electron chi connectivity index (χ2n) is 8.35. The Bertz CT molecular complexity index is 1030. The third-order valence-electron chi connectivity index (χ3n) is 5.92. The summed E-state index contributed by atoms with van der Waals surface area (Å²) >= 11 is 0. The van der Waals surface area contributed by atoms with E-state index in [1.165, 1.54) is 0 Å². The van der Waals surface area contributed by atoms with Gasteiger partial charge < -0.3 is 9.80 Å². The van der Waals surface area contributed by atoms with Crippen molar-refractivity contribution in [1.82, 2.24) is 24.6 Å². The minimum Gasteiger partial charge on any atom is -0.347 e. The molecule has 1 fully saturated rings. The summed E-state index contributed by atoms with van der Waals surface area (Å²) in [4.78, 5) is 26.4. The average molecular weight is 419 g/mol. The van der Waals surface area contributed by atoms with Gasteiger partial charge in [-0.15, -0.1) is 0 Å². The number of likely N-dealkylation sites (tertiary alicyclic amines) is 1. The number of carbonyl (C=O) groups is 1. The van der Waals surface area contributed by atoms with E-state index in [4.69, 9.17) is 4.98 Å². The average Bonchev–Trinajstić information content (AvgIpc) is 3.22. The first kappa shape index (κ1) is 21.0. The van der Waals surface area contributed by atoms with Crippen molar-refractivity contribution < 1.29 is 4.79 Å². The van der Waals surface area contributed by atoms with E-state index in [0.29, 0.717) is 25.5 Å². The quantitative estimate of drug-likeness (QED) is 0.613. The maximum absolute atomic E-state index is 13.0. The molecule has 0 saturated carbocycles. The van der Waals surface area contributed by atoms with Crippen LogP contribution in [0, 0.1) is 6.92 Å². The molecule has 162 valence electrons. The summed E-state index contributed by atoms with van der Waals surface area (Å²) in [5.41, 5.74) is 4.28. The van der Waals surface area contributed by atoms with Crippen molar-refractivity contribution in [3.05, 3.63) is 60.2 Å². The van der Waals surface area contributed by atoms with Gasteiger partial charge in [0.1, 0.15) is 0 Å². The van der Waals surface area contributed by atoms with Gasteiger partial charge in [-0.05, 0) is 31.4 Å². The number of hydrogen-bond donors (Lipinski definition) is 0. The zero-order chi connectivity index (χ0) is 21.8. The van der Waals surface area contributed by atoms with Gasteiger partial charge in [0, 0.05) is 69.7 Å². The van der Waals surface area contributed by atoms with E-state index in [2.05, 4.69) is 22.2 Å². The molecular formula is C24H30N6O. The lowest BCUT2D eigenvalue weighted by molar-refractivity contribution is -0.132. The Hall–Kier alpha value is -3.22. The van der Waals surface area contributed by atoms with Gasteiger partial charge >= 0.3 is 0 Å². The number of nitrogens with zero attached hydrogens (tertiary/aromatic N) is 6. The van der Waals surface area contributed by atoms with E-state index in [1.54, 1.807) is 6.20 Å². The first-order valence-electron chi connectivity index (χ1n) is 10.9. The molecule has 1 saturated heterocycles. The molecule has 2 aromatic heterocycles. The third-order valence-corrected chi connectivity index (χ3v) is 5.92. The lowest BCUT2D eigenvalue weighted by atomic mass is 9.90. The van der Waals surface area contributed by atoms with Crippen molar-refractivity contribution in [1.29, 1.82) is 0 Å². The molecule has 4 rings (SSSR count). The van der Waals surface area contributed by atoms with Gasteiger partial charge in [-0.3, -0.25) is 9.48 Å². The molecule has 7 nitrogen and oxygen atoms in total. The molecule has 3 heterocycles.